The van der Waals surface area contributed by atoms with Gasteiger partial charge in [0, 0.05) is 25.3 Å². The summed E-state index contributed by atoms with van der Waals surface area (Å²) < 4.78 is 9.17. The largest absolute Gasteiger partial charge is 0.497 e. The first-order valence-electron chi connectivity index (χ1n) is 10.3. The Morgan fingerprint density at radius 2 is 1.60 bits per heavy atom. The molecule has 4 rings (SSSR count). The van der Waals surface area contributed by atoms with Crippen LogP contribution in [0, 0.1) is 4.77 Å². The number of hydrogen-bond donors (Lipinski definition) is 0. The molecule has 1 fully saturated rings. The number of methoxy groups -OCH3 is 1. The Labute approximate surface area is 182 Å². The van der Waals surface area contributed by atoms with E-state index in [0.717, 1.165) is 18.0 Å². The standard InChI is InChI=1S/C22H28N6OS/c1-25(16-18-6-8-19(9-7-18)26-14-4-3-5-15-26)17-27-22(30)28(24-23-27)20-10-12-21(29-2)13-11-20/h6-13H,3-5,14-17H2,1-2H3. The van der Waals surface area contributed by atoms with E-state index in [-0.39, 0.29) is 0 Å². The van der Waals surface area contributed by atoms with Crippen molar-refractivity contribution < 1.29 is 4.74 Å². The number of aromatic nitrogens is 4. The Bertz CT molecular complexity index is 1010. The summed E-state index contributed by atoms with van der Waals surface area (Å²) >= 11 is 5.58. The fourth-order valence-electron chi connectivity index (χ4n) is 3.80. The molecule has 0 unspecified atom stereocenters. The second-order valence-corrected chi connectivity index (χ2v) is 8.11. The van der Waals surface area contributed by atoms with Crippen molar-refractivity contribution in [2.75, 3.05) is 32.1 Å². The first kappa shape index (κ1) is 20.6. The predicted octanol–water partition coefficient (Wildman–Crippen LogP) is 3.89. The van der Waals surface area contributed by atoms with E-state index < -0.39 is 0 Å². The third kappa shape index (κ3) is 4.71. The number of piperidine rings is 1. The molecule has 0 spiro atoms. The summed E-state index contributed by atoms with van der Waals surface area (Å²) in [6.45, 7) is 3.73. The average molecular weight is 425 g/mol. The number of tetrazole rings is 1. The van der Waals surface area contributed by atoms with Gasteiger partial charge in [-0.05, 0) is 90.9 Å². The molecule has 0 atom stereocenters. The van der Waals surface area contributed by atoms with Gasteiger partial charge in [-0.1, -0.05) is 12.1 Å². The van der Waals surface area contributed by atoms with Crippen LogP contribution in [0.25, 0.3) is 5.69 Å². The van der Waals surface area contributed by atoms with Crippen molar-refractivity contribution in [2.24, 2.45) is 0 Å². The molecule has 1 saturated heterocycles. The maximum Gasteiger partial charge on any atom is 0.221 e. The summed E-state index contributed by atoms with van der Waals surface area (Å²) in [6.07, 6.45) is 3.94. The molecule has 7 nitrogen and oxygen atoms in total. The van der Waals surface area contributed by atoms with Gasteiger partial charge in [0.25, 0.3) is 0 Å². The smallest absolute Gasteiger partial charge is 0.221 e. The molecule has 0 N–H and O–H groups in total. The molecule has 1 aliphatic heterocycles. The number of rotatable bonds is 7. The van der Waals surface area contributed by atoms with E-state index in [1.54, 1.807) is 16.5 Å². The van der Waals surface area contributed by atoms with Gasteiger partial charge in [-0.25, -0.2) is 4.68 Å². The Morgan fingerprint density at radius 3 is 2.27 bits per heavy atom. The van der Waals surface area contributed by atoms with Crippen LogP contribution >= 0.6 is 12.2 Å². The molecule has 3 aromatic rings. The molecule has 158 valence electrons. The second kappa shape index (κ2) is 9.40. The Kier molecular flexibility index (Phi) is 6.44. The minimum atomic E-state index is 0.562. The van der Waals surface area contributed by atoms with Crippen LogP contribution in [0.5, 0.6) is 5.75 Å². The van der Waals surface area contributed by atoms with Gasteiger partial charge in [0.1, 0.15) is 5.75 Å². The molecule has 8 heteroatoms. The first-order valence-corrected chi connectivity index (χ1v) is 10.7. The van der Waals surface area contributed by atoms with E-state index in [0.29, 0.717) is 11.4 Å². The molecular formula is C22H28N6OS. The number of hydrogen-bond acceptors (Lipinski definition) is 6. The van der Waals surface area contributed by atoms with Crippen LogP contribution in [0.3, 0.4) is 0 Å². The van der Waals surface area contributed by atoms with Crippen LogP contribution in [-0.4, -0.2) is 51.9 Å². The van der Waals surface area contributed by atoms with Gasteiger partial charge in [-0.15, -0.1) is 0 Å². The zero-order valence-corrected chi connectivity index (χ0v) is 18.4. The molecule has 0 radical (unpaired) electrons. The van der Waals surface area contributed by atoms with Gasteiger partial charge in [0.15, 0.2) is 0 Å². The summed E-state index contributed by atoms with van der Waals surface area (Å²) in [6, 6.07) is 16.5. The van der Waals surface area contributed by atoms with Crippen molar-refractivity contribution in [1.82, 2.24) is 24.7 Å². The topological polar surface area (TPSA) is 51.4 Å². The Balaban J connectivity index is 1.38. The van der Waals surface area contributed by atoms with Crippen molar-refractivity contribution in [2.45, 2.75) is 32.5 Å². The van der Waals surface area contributed by atoms with Crippen LogP contribution in [0.1, 0.15) is 24.8 Å². The van der Waals surface area contributed by atoms with E-state index in [1.165, 1.54) is 43.6 Å². The molecule has 2 heterocycles. The molecular weight excluding hydrogens is 396 g/mol. The molecule has 0 bridgehead atoms. The molecule has 30 heavy (non-hydrogen) atoms. The molecule has 1 aliphatic rings. The van der Waals surface area contributed by atoms with Crippen LogP contribution < -0.4 is 9.64 Å². The van der Waals surface area contributed by atoms with Gasteiger partial charge in [-0.3, -0.25) is 4.90 Å². The van der Waals surface area contributed by atoms with Crippen molar-refractivity contribution in [1.29, 1.82) is 0 Å². The van der Waals surface area contributed by atoms with E-state index in [2.05, 4.69) is 51.5 Å². The summed E-state index contributed by atoms with van der Waals surface area (Å²) in [5, 5.41) is 8.45. The van der Waals surface area contributed by atoms with E-state index in [9.17, 15) is 0 Å². The first-order chi connectivity index (χ1) is 14.6. The monoisotopic (exact) mass is 424 g/mol. The Hall–Kier alpha value is -2.71. The van der Waals surface area contributed by atoms with Gasteiger partial charge in [-0.2, -0.15) is 4.68 Å². The average Bonchev–Trinajstić information content (AvgIpc) is 3.15. The maximum absolute atomic E-state index is 5.58. The fourth-order valence-corrected chi connectivity index (χ4v) is 4.04. The lowest BCUT2D eigenvalue weighted by atomic mass is 10.1. The number of nitrogens with zero attached hydrogens (tertiary/aromatic N) is 6. The highest BCUT2D eigenvalue weighted by atomic mass is 32.1. The Morgan fingerprint density at radius 1 is 0.933 bits per heavy atom. The normalized spacial score (nSPS) is 14.3. The molecule has 0 aliphatic carbocycles. The quantitative estimate of drug-likeness (QED) is 0.537. The van der Waals surface area contributed by atoms with Crippen LogP contribution in [0.15, 0.2) is 48.5 Å². The van der Waals surface area contributed by atoms with Crippen molar-refractivity contribution in [3.63, 3.8) is 0 Å². The van der Waals surface area contributed by atoms with Gasteiger partial charge in [0.2, 0.25) is 4.77 Å². The fraction of sp³-hybridized carbons (Fsp3) is 0.409. The van der Waals surface area contributed by atoms with E-state index >= 15 is 0 Å². The van der Waals surface area contributed by atoms with Crippen molar-refractivity contribution in [3.05, 3.63) is 58.9 Å². The van der Waals surface area contributed by atoms with Crippen LogP contribution in [0.2, 0.25) is 0 Å². The number of ether oxygens (including phenoxy) is 1. The molecule has 0 saturated carbocycles. The third-order valence-corrected chi connectivity index (χ3v) is 5.83. The molecule has 2 aromatic carbocycles. The zero-order chi connectivity index (χ0) is 20.9. The number of benzene rings is 2. The summed E-state index contributed by atoms with van der Waals surface area (Å²) in [4.78, 5) is 4.66. The highest BCUT2D eigenvalue weighted by Crippen LogP contribution is 2.21. The number of anilines is 1. The summed E-state index contributed by atoms with van der Waals surface area (Å²) in [7, 11) is 3.71. The van der Waals surface area contributed by atoms with Crippen LogP contribution in [-0.2, 0) is 13.2 Å². The lowest BCUT2D eigenvalue weighted by molar-refractivity contribution is 0.242. The lowest BCUT2D eigenvalue weighted by Crippen LogP contribution is -2.29. The summed E-state index contributed by atoms with van der Waals surface area (Å²) in [5.41, 5.74) is 3.46. The highest BCUT2D eigenvalue weighted by molar-refractivity contribution is 7.71. The molecule has 0 amide bonds. The minimum absolute atomic E-state index is 0.562. The lowest BCUT2D eigenvalue weighted by Gasteiger charge is -2.29. The van der Waals surface area contributed by atoms with Gasteiger partial charge >= 0.3 is 0 Å². The maximum atomic E-state index is 5.58. The van der Waals surface area contributed by atoms with Gasteiger partial charge < -0.3 is 9.64 Å². The summed E-state index contributed by atoms with van der Waals surface area (Å²) in [5.74, 6) is 0.795. The highest BCUT2D eigenvalue weighted by Gasteiger charge is 2.12. The van der Waals surface area contributed by atoms with Crippen molar-refractivity contribution >= 4 is 17.9 Å². The van der Waals surface area contributed by atoms with Crippen molar-refractivity contribution in [3.8, 4) is 11.4 Å². The van der Waals surface area contributed by atoms with E-state index in [4.69, 9.17) is 17.0 Å². The third-order valence-electron chi connectivity index (χ3n) is 5.44. The second-order valence-electron chi connectivity index (χ2n) is 7.74. The van der Waals surface area contributed by atoms with Gasteiger partial charge in [0.05, 0.1) is 19.5 Å². The molecule has 1 aromatic heterocycles. The van der Waals surface area contributed by atoms with E-state index in [1.807, 2.05) is 24.3 Å². The van der Waals surface area contributed by atoms with Crippen LogP contribution in [0.4, 0.5) is 5.69 Å². The minimum Gasteiger partial charge on any atom is -0.497 e. The SMILES string of the molecule is COc1ccc(-n2nnn(CN(C)Cc3ccc(N4CCCCC4)cc3)c2=S)cc1. The zero-order valence-electron chi connectivity index (χ0n) is 17.6. The predicted molar refractivity (Wildman–Crippen MR) is 121 cm³/mol.